The number of carbonyl (C=O) groups excluding carboxylic acids is 1. The molecule has 0 saturated carbocycles. The van der Waals surface area contributed by atoms with Crippen LogP contribution in [0.5, 0.6) is 0 Å². The van der Waals surface area contributed by atoms with Gasteiger partial charge in [-0.25, -0.2) is 0 Å². The number of carbonyl (C=O) groups is 1. The van der Waals surface area contributed by atoms with Gasteiger partial charge in [0.05, 0.1) is 19.3 Å². The van der Waals surface area contributed by atoms with Crippen molar-refractivity contribution < 1.29 is 9.53 Å². The van der Waals surface area contributed by atoms with E-state index in [-0.39, 0.29) is 17.5 Å². The third-order valence-electron chi connectivity index (χ3n) is 5.81. The van der Waals surface area contributed by atoms with E-state index in [4.69, 9.17) is 10.5 Å². The standard InChI is InChI=1S/C18H35N3O2/c1-5-14(6-2)16(20-9-11-23-12-10-20)17(22)21-8-7-15(19)18(3,4)13-21/h14-16H,5-13,19H2,1-4H3. The summed E-state index contributed by atoms with van der Waals surface area (Å²) in [7, 11) is 0. The molecule has 2 aliphatic heterocycles. The third kappa shape index (κ3) is 4.25. The number of amides is 1. The largest absolute Gasteiger partial charge is 0.379 e. The molecule has 2 aliphatic rings. The van der Waals surface area contributed by atoms with Crippen molar-refractivity contribution in [3.63, 3.8) is 0 Å². The molecular weight excluding hydrogens is 290 g/mol. The van der Waals surface area contributed by atoms with Crippen LogP contribution in [-0.2, 0) is 9.53 Å². The van der Waals surface area contributed by atoms with Gasteiger partial charge in [0.15, 0.2) is 0 Å². The molecule has 0 aromatic rings. The van der Waals surface area contributed by atoms with Crippen LogP contribution in [0.2, 0.25) is 0 Å². The van der Waals surface area contributed by atoms with E-state index < -0.39 is 0 Å². The summed E-state index contributed by atoms with van der Waals surface area (Å²) in [6.45, 7) is 13.5. The molecule has 0 bridgehead atoms. The molecule has 134 valence electrons. The number of nitrogens with two attached hydrogens (primary N) is 1. The molecular formula is C18H35N3O2. The van der Waals surface area contributed by atoms with E-state index in [0.29, 0.717) is 11.8 Å². The number of piperidine rings is 1. The van der Waals surface area contributed by atoms with Crippen molar-refractivity contribution in [3.8, 4) is 0 Å². The van der Waals surface area contributed by atoms with Crippen molar-refractivity contribution >= 4 is 5.91 Å². The minimum absolute atomic E-state index is 0.000903. The molecule has 5 nitrogen and oxygen atoms in total. The van der Waals surface area contributed by atoms with Crippen LogP contribution in [0.4, 0.5) is 0 Å². The third-order valence-corrected chi connectivity index (χ3v) is 5.81. The molecule has 2 rings (SSSR count). The summed E-state index contributed by atoms with van der Waals surface area (Å²) in [4.78, 5) is 17.8. The smallest absolute Gasteiger partial charge is 0.240 e. The Balaban J connectivity index is 2.15. The summed E-state index contributed by atoms with van der Waals surface area (Å²) >= 11 is 0. The molecule has 1 amide bonds. The lowest BCUT2D eigenvalue weighted by atomic mass is 9.79. The van der Waals surface area contributed by atoms with Gasteiger partial charge in [-0.05, 0) is 17.8 Å². The zero-order chi connectivity index (χ0) is 17.0. The van der Waals surface area contributed by atoms with Gasteiger partial charge in [-0.3, -0.25) is 9.69 Å². The molecule has 2 saturated heterocycles. The second kappa shape index (κ2) is 7.95. The van der Waals surface area contributed by atoms with Gasteiger partial charge in [-0.2, -0.15) is 0 Å². The van der Waals surface area contributed by atoms with Crippen LogP contribution in [0.25, 0.3) is 0 Å². The quantitative estimate of drug-likeness (QED) is 0.836. The Hall–Kier alpha value is -0.650. The van der Waals surface area contributed by atoms with Gasteiger partial charge in [-0.1, -0.05) is 40.5 Å². The molecule has 2 unspecified atom stereocenters. The van der Waals surface area contributed by atoms with Crippen molar-refractivity contribution in [2.75, 3.05) is 39.4 Å². The fourth-order valence-corrected chi connectivity index (χ4v) is 4.00. The van der Waals surface area contributed by atoms with Crippen molar-refractivity contribution in [3.05, 3.63) is 0 Å². The molecule has 0 aromatic carbocycles. The molecule has 0 aliphatic carbocycles. The molecule has 5 heteroatoms. The zero-order valence-electron chi connectivity index (χ0n) is 15.4. The highest BCUT2D eigenvalue weighted by atomic mass is 16.5. The highest BCUT2D eigenvalue weighted by Gasteiger charge is 2.40. The van der Waals surface area contributed by atoms with Crippen molar-refractivity contribution in [2.45, 2.75) is 59.0 Å². The van der Waals surface area contributed by atoms with Gasteiger partial charge < -0.3 is 15.4 Å². The van der Waals surface area contributed by atoms with E-state index in [0.717, 1.165) is 58.7 Å². The number of morpholine rings is 1. The van der Waals surface area contributed by atoms with E-state index in [1.54, 1.807) is 0 Å². The first-order valence-corrected chi connectivity index (χ1v) is 9.26. The molecule has 2 heterocycles. The minimum Gasteiger partial charge on any atom is -0.379 e. The van der Waals surface area contributed by atoms with Gasteiger partial charge in [0.25, 0.3) is 0 Å². The maximum absolute atomic E-state index is 13.4. The van der Waals surface area contributed by atoms with E-state index in [2.05, 4.69) is 37.5 Å². The molecule has 2 N–H and O–H groups in total. The second-order valence-corrected chi connectivity index (χ2v) is 7.81. The summed E-state index contributed by atoms with van der Waals surface area (Å²) < 4.78 is 5.49. The predicted molar refractivity (Wildman–Crippen MR) is 93.2 cm³/mol. The summed E-state index contributed by atoms with van der Waals surface area (Å²) in [6.07, 6.45) is 2.99. The number of likely N-dealkylation sites (tertiary alicyclic amines) is 1. The van der Waals surface area contributed by atoms with Crippen LogP contribution >= 0.6 is 0 Å². The first kappa shape index (κ1) is 18.7. The minimum atomic E-state index is -0.00258. The number of ether oxygens (including phenoxy) is 1. The highest BCUT2D eigenvalue weighted by molar-refractivity contribution is 5.82. The van der Waals surface area contributed by atoms with Crippen LogP contribution in [0.15, 0.2) is 0 Å². The molecule has 0 aromatic heterocycles. The predicted octanol–water partition coefficient (Wildman–Crippen LogP) is 1.71. The van der Waals surface area contributed by atoms with Crippen molar-refractivity contribution in [1.82, 2.24) is 9.80 Å². The monoisotopic (exact) mass is 325 g/mol. The topological polar surface area (TPSA) is 58.8 Å². The molecule has 23 heavy (non-hydrogen) atoms. The zero-order valence-corrected chi connectivity index (χ0v) is 15.4. The first-order chi connectivity index (χ1) is 10.9. The van der Waals surface area contributed by atoms with Gasteiger partial charge in [-0.15, -0.1) is 0 Å². The maximum Gasteiger partial charge on any atom is 0.240 e. The SMILES string of the molecule is CCC(CC)C(C(=O)N1CCC(N)C(C)(C)C1)N1CCOCC1. The summed E-state index contributed by atoms with van der Waals surface area (Å²) in [6, 6.07) is 0.181. The Labute approximate surface area is 141 Å². The first-order valence-electron chi connectivity index (χ1n) is 9.26. The Kier molecular flexibility index (Phi) is 6.46. The summed E-state index contributed by atoms with van der Waals surface area (Å²) in [5.74, 6) is 0.722. The van der Waals surface area contributed by atoms with Gasteiger partial charge in [0.1, 0.15) is 0 Å². The van der Waals surface area contributed by atoms with Crippen LogP contribution in [0, 0.1) is 11.3 Å². The lowest BCUT2D eigenvalue weighted by molar-refractivity contribution is -0.145. The normalized spacial score (nSPS) is 27.2. The summed E-state index contributed by atoms with van der Waals surface area (Å²) in [5, 5.41) is 0. The molecule has 2 atom stereocenters. The van der Waals surface area contributed by atoms with Crippen LogP contribution in [-0.4, -0.2) is 67.2 Å². The van der Waals surface area contributed by atoms with Crippen molar-refractivity contribution in [1.29, 1.82) is 0 Å². The number of hydrogen-bond acceptors (Lipinski definition) is 4. The van der Waals surface area contributed by atoms with Crippen LogP contribution < -0.4 is 5.73 Å². The van der Waals surface area contributed by atoms with Gasteiger partial charge in [0.2, 0.25) is 5.91 Å². The summed E-state index contributed by atoms with van der Waals surface area (Å²) in [5.41, 5.74) is 6.24. The van der Waals surface area contributed by atoms with E-state index in [1.165, 1.54) is 0 Å². The molecule has 2 fully saturated rings. The van der Waals surface area contributed by atoms with Crippen LogP contribution in [0.1, 0.15) is 47.0 Å². The highest BCUT2D eigenvalue weighted by Crippen LogP contribution is 2.30. The van der Waals surface area contributed by atoms with E-state index in [9.17, 15) is 4.79 Å². The number of nitrogens with zero attached hydrogens (tertiary/aromatic N) is 2. The molecule has 0 spiro atoms. The number of rotatable bonds is 5. The number of hydrogen-bond donors (Lipinski definition) is 1. The van der Waals surface area contributed by atoms with Gasteiger partial charge >= 0.3 is 0 Å². The van der Waals surface area contributed by atoms with Crippen LogP contribution in [0.3, 0.4) is 0 Å². The lowest BCUT2D eigenvalue weighted by Gasteiger charge is -2.46. The van der Waals surface area contributed by atoms with Gasteiger partial charge in [0, 0.05) is 32.2 Å². The maximum atomic E-state index is 13.4. The second-order valence-electron chi connectivity index (χ2n) is 7.81. The fraction of sp³-hybridized carbons (Fsp3) is 0.944. The lowest BCUT2D eigenvalue weighted by Crippen LogP contribution is -2.60. The Morgan fingerprint density at radius 3 is 2.35 bits per heavy atom. The average Bonchev–Trinajstić information content (AvgIpc) is 2.55. The van der Waals surface area contributed by atoms with Crippen molar-refractivity contribution in [2.24, 2.45) is 17.1 Å². The molecule has 0 radical (unpaired) electrons. The Morgan fingerprint density at radius 1 is 1.22 bits per heavy atom. The Morgan fingerprint density at radius 2 is 1.83 bits per heavy atom. The Bertz CT molecular complexity index is 390. The van der Waals surface area contributed by atoms with E-state index in [1.807, 2.05) is 0 Å². The fourth-order valence-electron chi connectivity index (χ4n) is 4.00. The average molecular weight is 325 g/mol. The van der Waals surface area contributed by atoms with E-state index >= 15 is 0 Å².